The predicted molar refractivity (Wildman–Crippen MR) is 110 cm³/mol. The van der Waals surface area contributed by atoms with Crippen LogP contribution in [-0.4, -0.2) is 9.97 Å². The smallest absolute Gasteiger partial charge is 0.159 e. The number of halogens is 4. The molecule has 3 rings (SSSR count). The van der Waals surface area contributed by atoms with E-state index in [0.717, 1.165) is 49.1 Å². The Kier molecular flexibility index (Phi) is 7.19. The van der Waals surface area contributed by atoms with E-state index in [2.05, 4.69) is 16.9 Å². The number of aromatic nitrogens is 2. The Bertz CT molecular complexity index is 970. The van der Waals surface area contributed by atoms with Crippen LogP contribution in [0.15, 0.2) is 36.7 Å². The quantitative estimate of drug-likeness (QED) is 0.287. The number of rotatable bonds is 8. The highest BCUT2D eigenvalue weighted by Gasteiger charge is 2.18. The first-order valence-corrected chi connectivity index (χ1v) is 10.2. The lowest BCUT2D eigenvalue weighted by atomic mass is 10.00. The highest BCUT2D eigenvalue weighted by molar-refractivity contribution is 5.69. The molecule has 0 amide bonds. The van der Waals surface area contributed by atoms with E-state index < -0.39 is 28.8 Å². The summed E-state index contributed by atoms with van der Waals surface area (Å²) < 4.78 is 56.9. The summed E-state index contributed by atoms with van der Waals surface area (Å²) in [6, 6.07) is 4.00. The molecule has 0 N–H and O–H groups in total. The van der Waals surface area contributed by atoms with Gasteiger partial charge in [-0.1, -0.05) is 32.6 Å². The lowest BCUT2D eigenvalue weighted by molar-refractivity contribution is 0.566. The molecular formula is C24H24F4N2. The molecule has 0 aliphatic rings. The van der Waals surface area contributed by atoms with Crippen molar-refractivity contribution in [3.8, 4) is 22.5 Å². The molecule has 1 aromatic heterocycles. The Morgan fingerprint density at radius 2 is 1.23 bits per heavy atom. The first kappa shape index (κ1) is 21.9. The molecule has 6 heteroatoms. The van der Waals surface area contributed by atoms with Crippen molar-refractivity contribution in [1.29, 1.82) is 0 Å². The van der Waals surface area contributed by atoms with Crippen LogP contribution < -0.4 is 0 Å². The standard InChI is InChI=1S/C24H24F4N2/c1-3-4-5-6-7-8-16-13-29-24(30-14-16)18-11-21(27)23(22(28)12-18)17-9-19(25)15(2)20(26)10-17/h9-14H,3-8H2,1-2H3. The zero-order valence-electron chi connectivity index (χ0n) is 17.1. The van der Waals surface area contributed by atoms with Gasteiger partial charge in [0, 0.05) is 23.5 Å². The van der Waals surface area contributed by atoms with Gasteiger partial charge in [0.25, 0.3) is 0 Å². The number of nitrogens with zero attached hydrogens (tertiary/aromatic N) is 2. The van der Waals surface area contributed by atoms with E-state index in [-0.39, 0.29) is 22.5 Å². The molecule has 0 spiro atoms. The van der Waals surface area contributed by atoms with Crippen LogP contribution in [0.2, 0.25) is 0 Å². The van der Waals surface area contributed by atoms with Crippen molar-refractivity contribution >= 4 is 0 Å². The molecule has 2 nitrogen and oxygen atoms in total. The molecule has 0 aliphatic carbocycles. The predicted octanol–water partition coefficient (Wildman–Crippen LogP) is 7.19. The summed E-state index contributed by atoms with van der Waals surface area (Å²) in [5.41, 5.74) is 0.251. The van der Waals surface area contributed by atoms with Crippen LogP contribution in [0.25, 0.3) is 22.5 Å². The van der Waals surface area contributed by atoms with Crippen molar-refractivity contribution < 1.29 is 17.6 Å². The highest BCUT2D eigenvalue weighted by Crippen LogP contribution is 2.31. The monoisotopic (exact) mass is 416 g/mol. The second-order valence-electron chi connectivity index (χ2n) is 7.46. The molecule has 30 heavy (non-hydrogen) atoms. The van der Waals surface area contributed by atoms with E-state index in [1.807, 2.05) is 0 Å². The number of unbranched alkanes of at least 4 members (excludes halogenated alkanes) is 4. The van der Waals surface area contributed by atoms with Gasteiger partial charge in [0.15, 0.2) is 5.82 Å². The zero-order valence-corrected chi connectivity index (χ0v) is 17.1. The average Bonchev–Trinajstić information content (AvgIpc) is 2.71. The van der Waals surface area contributed by atoms with Crippen LogP contribution in [0.5, 0.6) is 0 Å². The maximum absolute atomic E-state index is 14.7. The minimum absolute atomic E-state index is 0.163. The van der Waals surface area contributed by atoms with Gasteiger partial charge in [0.05, 0.1) is 5.56 Å². The molecule has 0 unspecified atom stereocenters. The molecule has 0 atom stereocenters. The van der Waals surface area contributed by atoms with Crippen molar-refractivity contribution in [2.24, 2.45) is 0 Å². The SMILES string of the molecule is CCCCCCCc1cnc(-c2cc(F)c(-c3cc(F)c(C)c(F)c3)c(F)c2)nc1. The first-order valence-electron chi connectivity index (χ1n) is 10.2. The topological polar surface area (TPSA) is 25.8 Å². The van der Waals surface area contributed by atoms with Gasteiger partial charge >= 0.3 is 0 Å². The van der Waals surface area contributed by atoms with Crippen molar-refractivity contribution in [2.75, 3.05) is 0 Å². The van der Waals surface area contributed by atoms with E-state index >= 15 is 0 Å². The third-order valence-electron chi connectivity index (χ3n) is 5.14. The maximum atomic E-state index is 14.7. The largest absolute Gasteiger partial charge is 0.236 e. The second-order valence-corrected chi connectivity index (χ2v) is 7.46. The second kappa shape index (κ2) is 9.83. The van der Waals surface area contributed by atoms with Crippen molar-refractivity contribution in [3.05, 3.63) is 71.1 Å². The van der Waals surface area contributed by atoms with Gasteiger partial charge in [-0.3, -0.25) is 0 Å². The summed E-state index contributed by atoms with van der Waals surface area (Å²) in [5.74, 6) is -3.40. The van der Waals surface area contributed by atoms with Gasteiger partial charge in [0.1, 0.15) is 23.3 Å². The summed E-state index contributed by atoms with van der Waals surface area (Å²) in [6.45, 7) is 3.43. The van der Waals surface area contributed by atoms with Crippen molar-refractivity contribution in [3.63, 3.8) is 0 Å². The minimum atomic E-state index is -0.934. The summed E-state index contributed by atoms with van der Waals surface area (Å²) in [4.78, 5) is 8.45. The molecule has 0 saturated heterocycles. The Morgan fingerprint density at radius 3 is 1.80 bits per heavy atom. The average molecular weight is 416 g/mol. The molecule has 0 aliphatic heterocycles. The molecule has 3 aromatic rings. The third kappa shape index (κ3) is 5.04. The van der Waals surface area contributed by atoms with E-state index in [1.54, 1.807) is 12.4 Å². The number of benzene rings is 2. The molecule has 0 fully saturated rings. The van der Waals surface area contributed by atoms with Crippen molar-refractivity contribution in [2.45, 2.75) is 52.4 Å². The summed E-state index contributed by atoms with van der Waals surface area (Å²) in [7, 11) is 0. The lowest BCUT2D eigenvalue weighted by Gasteiger charge is -2.10. The van der Waals surface area contributed by atoms with Crippen LogP contribution in [0.4, 0.5) is 17.6 Å². The molecule has 1 heterocycles. The van der Waals surface area contributed by atoms with Crippen LogP contribution in [0.1, 0.15) is 50.2 Å². The van der Waals surface area contributed by atoms with E-state index in [9.17, 15) is 17.6 Å². The third-order valence-corrected chi connectivity index (χ3v) is 5.14. The zero-order chi connectivity index (χ0) is 21.7. The van der Waals surface area contributed by atoms with Gasteiger partial charge < -0.3 is 0 Å². The molecule has 0 saturated carbocycles. The minimum Gasteiger partial charge on any atom is -0.236 e. The fourth-order valence-electron chi connectivity index (χ4n) is 3.33. The van der Waals surface area contributed by atoms with Crippen LogP contribution in [-0.2, 0) is 6.42 Å². The van der Waals surface area contributed by atoms with Crippen molar-refractivity contribution in [1.82, 2.24) is 9.97 Å². The fourth-order valence-corrected chi connectivity index (χ4v) is 3.33. The summed E-state index contributed by atoms with van der Waals surface area (Å²) in [6.07, 6.45) is 10.00. The summed E-state index contributed by atoms with van der Waals surface area (Å²) >= 11 is 0. The van der Waals surface area contributed by atoms with Crippen LogP contribution >= 0.6 is 0 Å². The lowest BCUT2D eigenvalue weighted by Crippen LogP contribution is -1.98. The Morgan fingerprint density at radius 1 is 0.700 bits per heavy atom. The molecule has 2 aromatic carbocycles. The van der Waals surface area contributed by atoms with Gasteiger partial charge in [-0.25, -0.2) is 27.5 Å². The Hall–Kier alpha value is -2.76. The number of hydrogen-bond donors (Lipinski definition) is 0. The Balaban J connectivity index is 1.80. The summed E-state index contributed by atoms with van der Waals surface area (Å²) in [5, 5.41) is 0. The molecular weight excluding hydrogens is 392 g/mol. The molecule has 158 valence electrons. The molecule has 0 bridgehead atoms. The van der Waals surface area contributed by atoms with Crippen LogP contribution in [0.3, 0.4) is 0 Å². The number of aryl methyl sites for hydroxylation is 1. The van der Waals surface area contributed by atoms with Gasteiger partial charge in [-0.05, 0) is 55.2 Å². The van der Waals surface area contributed by atoms with Gasteiger partial charge in [-0.15, -0.1) is 0 Å². The normalized spacial score (nSPS) is 11.1. The molecule has 0 radical (unpaired) electrons. The number of hydrogen-bond acceptors (Lipinski definition) is 2. The Labute approximate surface area is 174 Å². The van der Waals surface area contributed by atoms with Gasteiger partial charge in [0.2, 0.25) is 0 Å². The van der Waals surface area contributed by atoms with E-state index in [0.29, 0.717) is 0 Å². The van der Waals surface area contributed by atoms with E-state index in [4.69, 9.17) is 0 Å². The fraction of sp³-hybridized carbons (Fsp3) is 0.333. The highest BCUT2D eigenvalue weighted by atomic mass is 19.1. The first-order chi connectivity index (χ1) is 14.4. The van der Waals surface area contributed by atoms with Gasteiger partial charge in [-0.2, -0.15) is 0 Å². The van der Waals surface area contributed by atoms with E-state index in [1.165, 1.54) is 26.2 Å². The van der Waals surface area contributed by atoms with Crippen LogP contribution in [0, 0.1) is 30.2 Å². The maximum Gasteiger partial charge on any atom is 0.159 e.